The van der Waals surface area contributed by atoms with Gasteiger partial charge in [-0.25, -0.2) is 8.42 Å². The summed E-state index contributed by atoms with van der Waals surface area (Å²) in [6.45, 7) is 3.18. The van der Waals surface area contributed by atoms with E-state index in [-0.39, 0.29) is 17.9 Å². The third-order valence-corrected chi connectivity index (χ3v) is 7.11. The molecule has 166 valence electrons. The summed E-state index contributed by atoms with van der Waals surface area (Å²) in [6, 6.07) is 13.2. The van der Waals surface area contributed by atoms with E-state index in [0.29, 0.717) is 22.5 Å². The first-order valence-corrected chi connectivity index (χ1v) is 12.1. The van der Waals surface area contributed by atoms with E-state index in [1.807, 2.05) is 0 Å². The Labute approximate surface area is 183 Å². The van der Waals surface area contributed by atoms with Gasteiger partial charge in [0.1, 0.15) is 0 Å². The number of nitrogens with one attached hydrogen (secondary N) is 3. The van der Waals surface area contributed by atoms with Crippen LogP contribution in [0.15, 0.2) is 48.5 Å². The Morgan fingerprint density at radius 3 is 2.19 bits per heavy atom. The van der Waals surface area contributed by atoms with Crippen molar-refractivity contribution in [3.63, 3.8) is 0 Å². The normalized spacial score (nSPS) is 14.8. The molecular formula is C23H29N3O4S. The first-order valence-electron chi connectivity index (χ1n) is 10.6. The molecule has 0 atom stereocenters. The molecule has 1 aliphatic carbocycles. The van der Waals surface area contributed by atoms with Gasteiger partial charge in [-0.15, -0.1) is 0 Å². The molecule has 0 bridgehead atoms. The maximum atomic E-state index is 12.6. The number of rotatable bonds is 7. The number of benzene rings is 2. The van der Waals surface area contributed by atoms with Crippen LogP contribution in [-0.4, -0.2) is 31.5 Å². The number of hydrogen-bond acceptors (Lipinski definition) is 4. The Kier molecular flexibility index (Phi) is 7.33. The number of carbonyl (C=O) groups excluding carboxylic acids is 2. The highest BCUT2D eigenvalue weighted by molar-refractivity contribution is 7.93. The quantitative estimate of drug-likeness (QED) is 0.598. The van der Waals surface area contributed by atoms with Gasteiger partial charge < -0.3 is 10.6 Å². The SMILES string of the molecule is CC(C)S(=O)(=O)Nc1ccc(C(=O)Nc2cccc(C(=O)NC3CCCCC3)c2)cc1. The summed E-state index contributed by atoms with van der Waals surface area (Å²) < 4.78 is 26.4. The first kappa shape index (κ1) is 22.8. The van der Waals surface area contributed by atoms with Crippen molar-refractivity contribution in [2.24, 2.45) is 0 Å². The highest BCUT2D eigenvalue weighted by atomic mass is 32.2. The van der Waals surface area contributed by atoms with Crippen LogP contribution in [0.2, 0.25) is 0 Å². The summed E-state index contributed by atoms with van der Waals surface area (Å²) in [6.07, 6.45) is 5.51. The average molecular weight is 444 g/mol. The summed E-state index contributed by atoms with van der Waals surface area (Å²) in [5.41, 5.74) is 1.80. The Hall–Kier alpha value is -2.87. The molecule has 2 amide bonds. The fourth-order valence-electron chi connectivity index (χ4n) is 3.43. The first-order chi connectivity index (χ1) is 14.7. The highest BCUT2D eigenvalue weighted by Crippen LogP contribution is 2.19. The lowest BCUT2D eigenvalue weighted by atomic mass is 9.95. The molecule has 0 spiro atoms. The maximum absolute atomic E-state index is 12.6. The van der Waals surface area contributed by atoms with E-state index >= 15 is 0 Å². The molecule has 1 aliphatic rings. The van der Waals surface area contributed by atoms with Crippen molar-refractivity contribution < 1.29 is 18.0 Å². The van der Waals surface area contributed by atoms with Crippen molar-refractivity contribution in [3.05, 3.63) is 59.7 Å². The lowest BCUT2D eigenvalue weighted by Gasteiger charge is -2.22. The fraction of sp³-hybridized carbons (Fsp3) is 0.391. The van der Waals surface area contributed by atoms with Gasteiger partial charge in [0.05, 0.1) is 5.25 Å². The number of amides is 2. The Morgan fingerprint density at radius 1 is 0.871 bits per heavy atom. The van der Waals surface area contributed by atoms with Crippen LogP contribution in [0.25, 0.3) is 0 Å². The molecule has 2 aromatic carbocycles. The van der Waals surface area contributed by atoms with Crippen molar-refractivity contribution in [1.82, 2.24) is 5.32 Å². The van der Waals surface area contributed by atoms with Gasteiger partial charge in [0, 0.05) is 28.5 Å². The van der Waals surface area contributed by atoms with Crippen LogP contribution in [0.1, 0.15) is 66.7 Å². The van der Waals surface area contributed by atoms with Crippen LogP contribution in [-0.2, 0) is 10.0 Å². The van der Waals surface area contributed by atoms with E-state index in [4.69, 9.17) is 0 Å². The topological polar surface area (TPSA) is 104 Å². The third-order valence-electron chi connectivity index (χ3n) is 5.35. The summed E-state index contributed by atoms with van der Waals surface area (Å²) in [7, 11) is -3.45. The van der Waals surface area contributed by atoms with E-state index in [0.717, 1.165) is 25.7 Å². The van der Waals surface area contributed by atoms with E-state index in [1.54, 1.807) is 62.4 Å². The van der Waals surface area contributed by atoms with Crippen LogP contribution in [0.5, 0.6) is 0 Å². The van der Waals surface area contributed by atoms with Gasteiger partial charge >= 0.3 is 0 Å². The molecule has 0 radical (unpaired) electrons. The zero-order valence-electron chi connectivity index (χ0n) is 17.9. The zero-order chi connectivity index (χ0) is 22.4. The lowest BCUT2D eigenvalue weighted by molar-refractivity contribution is 0.0926. The molecule has 0 saturated heterocycles. The molecule has 31 heavy (non-hydrogen) atoms. The van der Waals surface area contributed by atoms with Gasteiger partial charge in [-0.1, -0.05) is 25.3 Å². The van der Waals surface area contributed by atoms with Gasteiger partial charge in [-0.3, -0.25) is 14.3 Å². The van der Waals surface area contributed by atoms with Crippen LogP contribution in [0.4, 0.5) is 11.4 Å². The van der Waals surface area contributed by atoms with Gasteiger partial charge in [0.15, 0.2) is 0 Å². The summed E-state index contributed by atoms with van der Waals surface area (Å²) in [4.78, 5) is 25.1. The molecule has 0 unspecified atom stereocenters. The molecule has 0 aromatic heterocycles. The number of sulfonamides is 1. The minimum absolute atomic E-state index is 0.134. The summed E-state index contributed by atoms with van der Waals surface area (Å²) in [5, 5.41) is 5.30. The van der Waals surface area contributed by atoms with Crippen LogP contribution >= 0.6 is 0 Å². The van der Waals surface area contributed by atoms with Crippen LogP contribution in [0, 0.1) is 0 Å². The van der Waals surface area contributed by atoms with Gasteiger partial charge in [0.25, 0.3) is 11.8 Å². The van der Waals surface area contributed by atoms with Crippen LogP contribution in [0.3, 0.4) is 0 Å². The largest absolute Gasteiger partial charge is 0.349 e. The molecular weight excluding hydrogens is 414 g/mol. The van der Waals surface area contributed by atoms with Crippen molar-refractivity contribution >= 4 is 33.2 Å². The second kappa shape index (κ2) is 9.96. The average Bonchev–Trinajstić information content (AvgIpc) is 2.74. The minimum Gasteiger partial charge on any atom is -0.349 e. The Morgan fingerprint density at radius 2 is 1.55 bits per heavy atom. The molecule has 0 heterocycles. The molecule has 3 rings (SSSR count). The number of anilines is 2. The van der Waals surface area contributed by atoms with Gasteiger partial charge in [0.2, 0.25) is 10.0 Å². The van der Waals surface area contributed by atoms with E-state index in [9.17, 15) is 18.0 Å². The van der Waals surface area contributed by atoms with E-state index in [2.05, 4.69) is 15.4 Å². The summed E-state index contributed by atoms with van der Waals surface area (Å²) >= 11 is 0. The number of carbonyl (C=O) groups is 2. The maximum Gasteiger partial charge on any atom is 0.255 e. The van der Waals surface area contributed by atoms with E-state index < -0.39 is 15.3 Å². The molecule has 8 heteroatoms. The molecule has 1 saturated carbocycles. The van der Waals surface area contributed by atoms with Crippen molar-refractivity contribution in [2.75, 3.05) is 10.0 Å². The molecule has 0 aliphatic heterocycles. The molecule has 7 nitrogen and oxygen atoms in total. The smallest absolute Gasteiger partial charge is 0.255 e. The lowest BCUT2D eigenvalue weighted by Crippen LogP contribution is -2.36. The zero-order valence-corrected chi connectivity index (χ0v) is 18.7. The van der Waals surface area contributed by atoms with Crippen molar-refractivity contribution in [2.45, 2.75) is 57.2 Å². The third kappa shape index (κ3) is 6.30. The molecule has 3 N–H and O–H groups in total. The summed E-state index contributed by atoms with van der Waals surface area (Å²) in [5.74, 6) is -0.479. The van der Waals surface area contributed by atoms with Gasteiger partial charge in [-0.05, 0) is 69.2 Å². The fourth-order valence-corrected chi connectivity index (χ4v) is 4.13. The second-order valence-electron chi connectivity index (χ2n) is 8.12. The molecule has 2 aromatic rings. The number of hydrogen-bond donors (Lipinski definition) is 3. The van der Waals surface area contributed by atoms with Crippen molar-refractivity contribution in [1.29, 1.82) is 0 Å². The predicted molar refractivity (Wildman–Crippen MR) is 123 cm³/mol. The van der Waals surface area contributed by atoms with Crippen LogP contribution < -0.4 is 15.4 Å². The highest BCUT2D eigenvalue weighted by Gasteiger charge is 2.18. The minimum atomic E-state index is -3.45. The second-order valence-corrected chi connectivity index (χ2v) is 10.4. The predicted octanol–water partition coefficient (Wildman–Crippen LogP) is 4.15. The van der Waals surface area contributed by atoms with Crippen molar-refractivity contribution in [3.8, 4) is 0 Å². The Balaban J connectivity index is 1.62. The Bertz CT molecular complexity index is 1030. The van der Waals surface area contributed by atoms with Gasteiger partial charge in [-0.2, -0.15) is 0 Å². The molecule has 1 fully saturated rings. The van der Waals surface area contributed by atoms with E-state index in [1.165, 1.54) is 6.42 Å². The standard InChI is InChI=1S/C23H29N3O4S/c1-16(2)31(29,30)26-20-13-11-17(12-14-20)22(27)25-21-10-6-7-18(15-21)23(28)24-19-8-4-3-5-9-19/h6-7,10-16,19,26H,3-5,8-9H2,1-2H3,(H,24,28)(H,25,27). The monoisotopic (exact) mass is 443 g/mol.